The number of rotatable bonds is 4. The summed E-state index contributed by atoms with van der Waals surface area (Å²) >= 11 is 4.74. The molecule has 2 rings (SSSR count). The zero-order valence-corrected chi connectivity index (χ0v) is 10.9. The van der Waals surface area contributed by atoms with Crippen molar-refractivity contribution in [3.05, 3.63) is 36.0 Å². The second kappa shape index (κ2) is 4.90. The third-order valence-electron chi connectivity index (χ3n) is 2.13. The lowest BCUT2D eigenvalue weighted by Gasteiger charge is -2.07. The predicted molar refractivity (Wildman–Crippen MR) is 69.5 cm³/mol. The Morgan fingerprint density at radius 1 is 1.42 bits per heavy atom. The van der Waals surface area contributed by atoms with Crippen LogP contribution in [-0.2, 0) is 10.0 Å². The van der Waals surface area contributed by atoms with E-state index >= 15 is 0 Å². The lowest BCUT2D eigenvalue weighted by Crippen LogP contribution is -2.17. The number of anilines is 1. The minimum Gasteiger partial charge on any atom is -0.389 e. The summed E-state index contributed by atoms with van der Waals surface area (Å²) in [6.45, 7) is 0. The van der Waals surface area contributed by atoms with Gasteiger partial charge in [0, 0.05) is 6.20 Å². The first-order valence-electron chi connectivity index (χ1n) is 4.86. The lowest BCUT2D eigenvalue weighted by atomic mass is 10.3. The maximum Gasteiger partial charge on any atom is 0.264 e. The van der Waals surface area contributed by atoms with Gasteiger partial charge in [0.2, 0.25) is 0 Å². The summed E-state index contributed by atoms with van der Waals surface area (Å²) < 4.78 is 39.1. The van der Waals surface area contributed by atoms with Gasteiger partial charge in [-0.1, -0.05) is 12.2 Å². The molecule has 0 aromatic carbocycles. The molecule has 4 N–H and O–H groups in total. The molecule has 0 aliphatic rings. The van der Waals surface area contributed by atoms with E-state index in [4.69, 9.17) is 18.0 Å². The molecule has 0 atom stereocenters. The summed E-state index contributed by atoms with van der Waals surface area (Å²) in [5.41, 5.74) is 5.64. The second-order valence-corrected chi connectivity index (χ2v) is 5.59. The highest BCUT2D eigenvalue weighted by Crippen LogP contribution is 2.17. The quantitative estimate of drug-likeness (QED) is 0.703. The van der Waals surface area contributed by atoms with Gasteiger partial charge < -0.3 is 5.73 Å². The van der Waals surface area contributed by atoms with Crippen LogP contribution >= 0.6 is 12.2 Å². The molecule has 0 saturated carbocycles. The van der Waals surface area contributed by atoms with E-state index in [1.165, 1.54) is 6.20 Å². The van der Waals surface area contributed by atoms with Crippen molar-refractivity contribution >= 4 is 33.0 Å². The maximum absolute atomic E-state index is 13.0. The van der Waals surface area contributed by atoms with Crippen LogP contribution in [0.2, 0.25) is 0 Å². The number of nitrogens with zero attached hydrogens (tertiary/aromatic N) is 2. The molecule has 7 nitrogen and oxygen atoms in total. The predicted octanol–water partition coefficient (Wildman–Crippen LogP) is 0.379. The highest BCUT2D eigenvalue weighted by molar-refractivity contribution is 7.92. The van der Waals surface area contributed by atoms with Gasteiger partial charge in [-0.3, -0.25) is 14.8 Å². The number of nitrogens with two attached hydrogens (primary N) is 1. The van der Waals surface area contributed by atoms with Gasteiger partial charge in [-0.2, -0.15) is 5.10 Å². The Kier molecular flexibility index (Phi) is 3.44. The monoisotopic (exact) mass is 301 g/mol. The molecule has 0 amide bonds. The van der Waals surface area contributed by atoms with Crippen molar-refractivity contribution < 1.29 is 12.8 Å². The van der Waals surface area contributed by atoms with Crippen molar-refractivity contribution in [3.8, 4) is 0 Å². The van der Waals surface area contributed by atoms with Gasteiger partial charge in [-0.05, 0) is 6.07 Å². The minimum absolute atomic E-state index is 0.0109. The molecule has 2 heterocycles. The third kappa shape index (κ3) is 2.85. The van der Waals surface area contributed by atoms with Crippen LogP contribution in [0.25, 0.3) is 0 Å². The number of thiocarbonyl (C=S) groups is 1. The fourth-order valence-corrected chi connectivity index (χ4v) is 2.45. The molecule has 2 aromatic rings. The average molecular weight is 301 g/mol. The fourth-order valence-electron chi connectivity index (χ4n) is 1.28. The summed E-state index contributed by atoms with van der Waals surface area (Å²) in [7, 11) is -4.00. The molecule has 0 radical (unpaired) electrons. The molecule has 0 aliphatic heterocycles. The molecular weight excluding hydrogens is 293 g/mol. The van der Waals surface area contributed by atoms with E-state index in [0.29, 0.717) is 0 Å². The van der Waals surface area contributed by atoms with Gasteiger partial charge >= 0.3 is 0 Å². The van der Waals surface area contributed by atoms with E-state index in [1.54, 1.807) is 0 Å². The Morgan fingerprint density at radius 3 is 2.79 bits per heavy atom. The van der Waals surface area contributed by atoms with E-state index in [9.17, 15) is 12.8 Å². The van der Waals surface area contributed by atoms with E-state index in [1.807, 2.05) is 0 Å². The lowest BCUT2D eigenvalue weighted by molar-refractivity contribution is 0.592. The van der Waals surface area contributed by atoms with Crippen LogP contribution in [0.4, 0.5) is 10.2 Å². The summed E-state index contributed by atoms with van der Waals surface area (Å²) in [5.74, 6) is -0.751. The van der Waals surface area contributed by atoms with Crippen molar-refractivity contribution in [1.29, 1.82) is 0 Å². The fraction of sp³-hybridized carbons (Fsp3) is 0. The number of aromatic amines is 1. The van der Waals surface area contributed by atoms with Crippen molar-refractivity contribution in [3.63, 3.8) is 0 Å². The molecule has 0 bridgehead atoms. The van der Waals surface area contributed by atoms with Crippen LogP contribution < -0.4 is 10.5 Å². The zero-order valence-electron chi connectivity index (χ0n) is 9.29. The Bertz CT molecular complexity index is 728. The van der Waals surface area contributed by atoms with Crippen molar-refractivity contribution in [2.45, 2.75) is 4.90 Å². The number of aromatic nitrogens is 3. The number of nitrogens with one attached hydrogen (secondary N) is 2. The first-order chi connectivity index (χ1) is 8.90. The van der Waals surface area contributed by atoms with Gasteiger partial charge in [0.15, 0.2) is 0 Å². The molecule has 2 aromatic heterocycles. The smallest absolute Gasteiger partial charge is 0.264 e. The Balaban J connectivity index is 2.37. The highest BCUT2D eigenvalue weighted by Gasteiger charge is 2.19. The molecule has 0 aliphatic carbocycles. The first-order valence-corrected chi connectivity index (χ1v) is 6.76. The summed E-state index contributed by atoms with van der Waals surface area (Å²) in [6, 6.07) is 0.839. The van der Waals surface area contributed by atoms with Gasteiger partial charge in [0.1, 0.15) is 21.5 Å². The standard InChI is InChI=1S/C9H8FN5O2S2/c10-5-1-6(3-12-2-5)19(16,17)15-9-7(8(11)18)4-13-14-9/h1-4H,(H2,11,18)(H2,13,14,15). The molecular formula is C9H8FN5O2S2. The largest absolute Gasteiger partial charge is 0.389 e. The van der Waals surface area contributed by atoms with Crippen molar-refractivity contribution in [1.82, 2.24) is 15.2 Å². The summed E-state index contributed by atoms with van der Waals surface area (Å²) in [5, 5.41) is 6.04. The van der Waals surface area contributed by atoms with Crippen LogP contribution in [0.5, 0.6) is 0 Å². The minimum atomic E-state index is -4.00. The van der Waals surface area contributed by atoms with Gasteiger partial charge in [-0.15, -0.1) is 0 Å². The number of hydrogen-bond donors (Lipinski definition) is 3. The van der Waals surface area contributed by atoms with E-state index in [-0.39, 0.29) is 21.3 Å². The van der Waals surface area contributed by atoms with Crippen LogP contribution in [0, 0.1) is 5.82 Å². The molecule has 0 fully saturated rings. The molecule has 0 saturated heterocycles. The van der Waals surface area contributed by atoms with Gasteiger partial charge in [0.05, 0.1) is 18.0 Å². The first kappa shape index (κ1) is 13.4. The molecule has 0 unspecified atom stereocenters. The third-order valence-corrected chi connectivity index (χ3v) is 3.67. The molecule has 19 heavy (non-hydrogen) atoms. The maximum atomic E-state index is 13.0. The van der Waals surface area contributed by atoms with E-state index < -0.39 is 15.8 Å². The number of hydrogen-bond acceptors (Lipinski definition) is 5. The molecule has 10 heteroatoms. The van der Waals surface area contributed by atoms with Crippen molar-refractivity contribution in [2.24, 2.45) is 5.73 Å². The number of sulfonamides is 1. The Hall–Kier alpha value is -2.07. The summed E-state index contributed by atoms with van der Waals surface area (Å²) in [6.07, 6.45) is 3.20. The number of halogens is 1. The van der Waals surface area contributed by atoms with Crippen LogP contribution in [-0.4, -0.2) is 28.6 Å². The highest BCUT2D eigenvalue weighted by atomic mass is 32.2. The molecule has 100 valence electrons. The number of H-pyrrole nitrogens is 1. The van der Waals surface area contributed by atoms with E-state index in [0.717, 1.165) is 18.5 Å². The normalized spacial score (nSPS) is 11.2. The zero-order chi connectivity index (χ0) is 14.0. The van der Waals surface area contributed by atoms with Crippen molar-refractivity contribution in [2.75, 3.05) is 4.72 Å². The van der Waals surface area contributed by atoms with Gasteiger partial charge in [-0.25, -0.2) is 12.8 Å². The van der Waals surface area contributed by atoms with Gasteiger partial charge in [0.25, 0.3) is 10.0 Å². The summed E-state index contributed by atoms with van der Waals surface area (Å²) in [4.78, 5) is 3.12. The van der Waals surface area contributed by atoms with Crippen LogP contribution in [0.15, 0.2) is 29.6 Å². The van der Waals surface area contributed by atoms with Crippen LogP contribution in [0.3, 0.4) is 0 Å². The number of pyridine rings is 1. The second-order valence-electron chi connectivity index (χ2n) is 3.47. The molecule has 0 spiro atoms. The van der Waals surface area contributed by atoms with Crippen LogP contribution in [0.1, 0.15) is 5.56 Å². The Morgan fingerprint density at radius 2 is 2.16 bits per heavy atom. The Labute approximate surface area is 113 Å². The van der Waals surface area contributed by atoms with E-state index in [2.05, 4.69) is 19.9 Å². The average Bonchev–Trinajstić information content (AvgIpc) is 2.76. The SMILES string of the molecule is NC(=S)c1cn[nH]c1NS(=O)(=O)c1cncc(F)c1. The topological polar surface area (TPSA) is 114 Å².